The van der Waals surface area contributed by atoms with Gasteiger partial charge in [-0.25, -0.2) is 13.4 Å². The van der Waals surface area contributed by atoms with E-state index in [0.29, 0.717) is 11.3 Å². The van der Waals surface area contributed by atoms with Crippen LogP contribution >= 0.6 is 11.3 Å². The van der Waals surface area contributed by atoms with Crippen LogP contribution in [0.1, 0.15) is 5.76 Å². The highest BCUT2D eigenvalue weighted by atomic mass is 32.2. The van der Waals surface area contributed by atoms with Gasteiger partial charge in [0, 0.05) is 23.2 Å². The molecule has 2 aromatic heterocycles. The summed E-state index contributed by atoms with van der Waals surface area (Å²) in [7, 11) is -3.74. The van der Waals surface area contributed by atoms with Crippen LogP contribution in [0.5, 0.6) is 0 Å². The van der Waals surface area contributed by atoms with E-state index in [1.54, 1.807) is 35.7 Å². The average Bonchev–Trinajstić information content (AvgIpc) is 3.31. The summed E-state index contributed by atoms with van der Waals surface area (Å²) in [4.78, 5) is 15.0. The van der Waals surface area contributed by atoms with E-state index < -0.39 is 15.9 Å². The summed E-state index contributed by atoms with van der Waals surface area (Å²) >= 11 is 1.18. The standard InChI is InChI=1S/C17H12N4O4S2/c18-10-12(16(19)22)9-13-3-6-15(25-13)11-1-4-14(5-2-11)27(23,24)21-17-20-7-8-26-17/h1-9H,(H2,19,22)(H,20,21). The SMILES string of the molecule is N#CC(=Cc1ccc(-c2ccc(S(=O)(=O)Nc3nccs3)cc2)o1)C(N)=O. The van der Waals surface area contributed by atoms with Gasteiger partial charge < -0.3 is 10.2 Å². The van der Waals surface area contributed by atoms with Crippen LogP contribution in [0.15, 0.2) is 62.9 Å². The minimum atomic E-state index is -3.74. The third-order valence-corrected chi connectivity index (χ3v) is 5.58. The van der Waals surface area contributed by atoms with Crippen LogP contribution in [0.3, 0.4) is 0 Å². The second-order valence-electron chi connectivity index (χ2n) is 5.20. The number of nitrogens with zero attached hydrogens (tertiary/aromatic N) is 2. The van der Waals surface area contributed by atoms with Gasteiger partial charge in [0.05, 0.1) is 4.90 Å². The maximum atomic E-state index is 12.3. The zero-order chi connectivity index (χ0) is 19.4. The number of benzene rings is 1. The van der Waals surface area contributed by atoms with Gasteiger partial charge in [-0.3, -0.25) is 9.52 Å². The molecule has 0 radical (unpaired) electrons. The first-order valence-electron chi connectivity index (χ1n) is 7.43. The number of sulfonamides is 1. The summed E-state index contributed by atoms with van der Waals surface area (Å²) in [6.45, 7) is 0. The number of aromatic nitrogens is 1. The Labute approximate surface area is 158 Å². The molecule has 0 atom stereocenters. The monoisotopic (exact) mass is 400 g/mol. The normalized spacial score (nSPS) is 11.7. The number of nitrogens with two attached hydrogens (primary N) is 1. The highest BCUT2D eigenvalue weighted by Gasteiger charge is 2.16. The minimum absolute atomic E-state index is 0.0774. The number of anilines is 1. The summed E-state index contributed by atoms with van der Waals surface area (Å²) in [5.74, 6) is -0.125. The fourth-order valence-corrected chi connectivity index (χ4v) is 3.92. The van der Waals surface area contributed by atoms with Crippen molar-refractivity contribution in [3.05, 3.63) is 59.3 Å². The number of carbonyl (C=O) groups excluding carboxylic acids is 1. The van der Waals surface area contributed by atoms with Crippen LogP contribution in [0.4, 0.5) is 5.13 Å². The molecule has 0 spiro atoms. The Morgan fingerprint density at radius 2 is 2.00 bits per heavy atom. The van der Waals surface area contributed by atoms with E-state index in [1.807, 2.05) is 0 Å². The summed E-state index contributed by atoms with van der Waals surface area (Å²) in [5.41, 5.74) is 5.48. The Morgan fingerprint density at radius 1 is 1.26 bits per heavy atom. The Hall–Kier alpha value is -3.42. The molecule has 136 valence electrons. The second-order valence-corrected chi connectivity index (χ2v) is 7.78. The third-order valence-electron chi connectivity index (χ3n) is 3.40. The second kappa shape index (κ2) is 7.45. The van der Waals surface area contributed by atoms with Gasteiger partial charge in [0.25, 0.3) is 15.9 Å². The molecule has 0 aliphatic rings. The number of hydrogen-bond donors (Lipinski definition) is 2. The molecule has 2 heterocycles. The summed E-state index contributed by atoms with van der Waals surface area (Å²) in [6.07, 6.45) is 2.74. The van der Waals surface area contributed by atoms with Crippen molar-refractivity contribution in [2.45, 2.75) is 4.90 Å². The van der Waals surface area contributed by atoms with Crippen molar-refractivity contribution >= 4 is 38.5 Å². The molecule has 0 saturated carbocycles. The maximum absolute atomic E-state index is 12.3. The predicted molar refractivity (Wildman–Crippen MR) is 99.9 cm³/mol. The van der Waals surface area contributed by atoms with Gasteiger partial charge in [-0.05, 0) is 36.4 Å². The van der Waals surface area contributed by atoms with Crippen molar-refractivity contribution in [2.75, 3.05) is 4.72 Å². The van der Waals surface area contributed by atoms with Gasteiger partial charge in [-0.1, -0.05) is 0 Å². The van der Waals surface area contributed by atoms with Gasteiger partial charge in [-0.2, -0.15) is 5.26 Å². The lowest BCUT2D eigenvalue weighted by atomic mass is 10.2. The molecule has 3 N–H and O–H groups in total. The average molecular weight is 400 g/mol. The zero-order valence-electron chi connectivity index (χ0n) is 13.6. The summed E-state index contributed by atoms with van der Waals surface area (Å²) in [5, 5.41) is 10.8. The Kier molecular flexibility index (Phi) is 5.07. The molecule has 0 aliphatic carbocycles. The molecule has 3 rings (SSSR count). The number of furan rings is 1. The largest absolute Gasteiger partial charge is 0.457 e. The molecular formula is C17H12N4O4S2. The van der Waals surface area contributed by atoms with Crippen molar-refractivity contribution in [1.82, 2.24) is 4.98 Å². The van der Waals surface area contributed by atoms with Gasteiger partial charge in [-0.15, -0.1) is 11.3 Å². The zero-order valence-corrected chi connectivity index (χ0v) is 15.3. The number of primary amides is 1. The molecule has 1 aromatic carbocycles. The van der Waals surface area contributed by atoms with Crippen molar-refractivity contribution in [2.24, 2.45) is 5.73 Å². The van der Waals surface area contributed by atoms with Gasteiger partial charge in [0.1, 0.15) is 23.2 Å². The lowest BCUT2D eigenvalue weighted by Crippen LogP contribution is -2.12. The Bertz CT molecular complexity index is 1140. The minimum Gasteiger partial charge on any atom is -0.457 e. The smallest absolute Gasteiger partial charge is 0.263 e. The Balaban J connectivity index is 1.82. The first-order valence-corrected chi connectivity index (χ1v) is 9.79. The highest BCUT2D eigenvalue weighted by Crippen LogP contribution is 2.25. The predicted octanol–water partition coefficient (Wildman–Crippen LogP) is 2.60. The van der Waals surface area contributed by atoms with E-state index in [-0.39, 0.29) is 21.4 Å². The number of carbonyl (C=O) groups is 1. The molecular weight excluding hydrogens is 388 g/mol. The van der Waals surface area contributed by atoms with Crippen LogP contribution in [-0.2, 0) is 14.8 Å². The summed E-state index contributed by atoms with van der Waals surface area (Å²) < 4.78 is 32.6. The van der Waals surface area contributed by atoms with E-state index in [2.05, 4.69) is 9.71 Å². The van der Waals surface area contributed by atoms with Gasteiger partial charge >= 0.3 is 0 Å². The van der Waals surface area contributed by atoms with Crippen LogP contribution in [0, 0.1) is 11.3 Å². The van der Waals surface area contributed by atoms with E-state index in [4.69, 9.17) is 15.4 Å². The fourth-order valence-electron chi connectivity index (χ4n) is 2.13. The molecule has 0 unspecified atom stereocenters. The summed E-state index contributed by atoms with van der Waals surface area (Å²) in [6, 6.07) is 10.9. The van der Waals surface area contributed by atoms with Crippen LogP contribution in [-0.4, -0.2) is 19.3 Å². The molecule has 0 fully saturated rings. The van der Waals surface area contributed by atoms with Crippen molar-refractivity contribution in [3.8, 4) is 17.4 Å². The molecule has 27 heavy (non-hydrogen) atoms. The van der Waals surface area contributed by atoms with E-state index in [1.165, 1.54) is 35.7 Å². The number of hydrogen-bond acceptors (Lipinski definition) is 7. The number of rotatable bonds is 6. The number of amides is 1. The quantitative estimate of drug-likeness (QED) is 0.481. The first-order chi connectivity index (χ1) is 12.9. The van der Waals surface area contributed by atoms with Crippen LogP contribution < -0.4 is 10.5 Å². The molecule has 0 saturated heterocycles. The molecule has 8 nitrogen and oxygen atoms in total. The lowest BCUT2D eigenvalue weighted by molar-refractivity contribution is -0.114. The molecule has 0 bridgehead atoms. The topological polar surface area (TPSA) is 139 Å². The lowest BCUT2D eigenvalue weighted by Gasteiger charge is -2.05. The number of nitriles is 1. The van der Waals surface area contributed by atoms with Gasteiger partial charge in [0.2, 0.25) is 0 Å². The maximum Gasteiger partial charge on any atom is 0.263 e. The third kappa shape index (κ3) is 4.22. The van der Waals surface area contributed by atoms with E-state index >= 15 is 0 Å². The molecule has 10 heteroatoms. The molecule has 0 aliphatic heterocycles. The van der Waals surface area contributed by atoms with E-state index in [0.717, 1.165) is 0 Å². The van der Waals surface area contributed by atoms with Crippen LogP contribution in [0.25, 0.3) is 17.4 Å². The van der Waals surface area contributed by atoms with Crippen molar-refractivity contribution < 1.29 is 17.6 Å². The molecule has 1 amide bonds. The van der Waals surface area contributed by atoms with E-state index in [9.17, 15) is 13.2 Å². The highest BCUT2D eigenvalue weighted by molar-refractivity contribution is 7.93. The van der Waals surface area contributed by atoms with Crippen molar-refractivity contribution in [3.63, 3.8) is 0 Å². The molecule has 3 aromatic rings. The number of nitrogens with one attached hydrogen (secondary N) is 1. The van der Waals surface area contributed by atoms with Crippen LogP contribution in [0.2, 0.25) is 0 Å². The fraction of sp³-hybridized carbons (Fsp3) is 0. The van der Waals surface area contributed by atoms with Gasteiger partial charge in [0.15, 0.2) is 5.13 Å². The number of thiazole rings is 1. The van der Waals surface area contributed by atoms with Crippen molar-refractivity contribution in [1.29, 1.82) is 5.26 Å². The Morgan fingerprint density at radius 3 is 2.59 bits per heavy atom. The first kappa shape index (κ1) is 18.4.